The molecule has 0 spiro atoms. The van der Waals surface area contributed by atoms with Crippen LogP contribution in [0, 0.1) is 0 Å². The van der Waals surface area contributed by atoms with Gasteiger partial charge in [0.15, 0.2) is 11.4 Å². The summed E-state index contributed by atoms with van der Waals surface area (Å²) in [5.74, 6) is -0.00500. The molecule has 234 valence electrons. The van der Waals surface area contributed by atoms with Crippen molar-refractivity contribution in [3.63, 3.8) is 0 Å². The van der Waals surface area contributed by atoms with E-state index in [9.17, 15) is 14.7 Å². The molecule has 1 saturated heterocycles. The van der Waals surface area contributed by atoms with Gasteiger partial charge in [-0.2, -0.15) is 0 Å². The van der Waals surface area contributed by atoms with Crippen molar-refractivity contribution in [2.24, 2.45) is 0 Å². The summed E-state index contributed by atoms with van der Waals surface area (Å²) in [5.41, 5.74) is 7.28. The van der Waals surface area contributed by atoms with Crippen LogP contribution >= 0.6 is 11.8 Å². The van der Waals surface area contributed by atoms with Crippen molar-refractivity contribution < 1.29 is 29.4 Å². The largest absolute Gasteiger partial charge is 0.392 e. The number of ether oxygens (including phenoxy) is 2. The van der Waals surface area contributed by atoms with Crippen molar-refractivity contribution in [1.29, 1.82) is 0 Å². The maximum atomic E-state index is 12.3. The average Bonchev–Trinajstić information content (AvgIpc) is 3.10. The zero-order valence-electron chi connectivity index (χ0n) is 24.7. The highest BCUT2D eigenvalue weighted by atomic mass is 32.2. The third-order valence-electron chi connectivity index (χ3n) is 7.47. The molecule has 10 nitrogen and oxygen atoms in total. The maximum absolute atomic E-state index is 12.3. The zero-order chi connectivity index (χ0) is 31.4. The van der Waals surface area contributed by atoms with Crippen LogP contribution in [0.15, 0.2) is 96.4 Å². The highest BCUT2D eigenvalue weighted by Gasteiger charge is 2.32. The fourth-order valence-electron chi connectivity index (χ4n) is 5.07. The van der Waals surface area contributed by atoms with Gasteiger partial charge in [-0.3, -0.25) is 14.8 Å². The summed E-state index contributed by atoms with van der Waals surface area (Å²) in [7, 11) is 0. The third kappa shape index (κ3) is 9.19. The number of nitrogens with one attached hydrogen (secondary N) is 2. The summed E-state index contributed by atoms with van der Waals surface area (Å²) in [6.07, 6.45) is 3.86. The van der Waals surface area contributed by atoms with Gasteiger partial charge in [-0.25, -0.2) is 15.4 Å². The number of rotatable bonds is 13. The summed E-state index contributed by atoms with van der Waals surface area (Å²) in [5, 5.41) is 21.7. The molecule has 2 heterocycles. The number of aliphatic hydroxyl groups excluding tert-OH is 1. The lowest BCUT2D eigenvalue weighted by molar-refractivity contribution is -0.245. The Morgan fingerprint density at radius 2 is 1.58 bits per heavy atom. The van der Waals surface area contributed by atoms with E-state index >= 15 is 0 Å². The number of carbonyl (C=O) groups is 2. The molecule has 11 heteroatoms. The minimum Gasteiger partial charge on any atom is -0.392 e. The van der Waals surface area contributed by atoms with Crippen LogP contribution in [0.5, 0.6) is 0 Å². The van der Waals surface area contributed by atoms with E-state index in [0.29, 0.717) is 30.3 Å². The van der Waals surface area contributed by atoms with E-state index in [0.717, 1.165) is 33.4 Å². The van der Waals surface area contributed by atoms with Crippen LogP contribution in [0.3, 0.4) is 0 Å². The van der Waals surface area contributed by atoms with E-state index in [1.165, 1.54) is 0 Å². The Morgan fingerprint density at radius 3 is 2.31 bits per heavy atom. The van der Waals surface area contributed by atoms with Gasteiger partial charge in [0.1, 0.15) is 0 Å². The number of hydroxylamine groups is 1. The summed E-state index contributed by atoms with van der Waals surface area (Å²) in [6, 6.07) is 25.5. The second kappa shape index (κ2) is 16.3. The van der Waals surface area contributed by atoms with Crippen molar-refractivity contribution >= 4 is 23.6 Å². The van der Waals surface area contributed by atoms with E-state index in [-0.39, 0.29) is 37.6 Å². The summed E-state index contributed by atoms with van der Waals surface area (Å²) < 4.78 is 12.9. The fraction of sp³-hybridized carbons (Fsp3) is 0.294. The Kier molecular flexibility index (Phi) is 11.7. The molecule has 0 saturated carbocycles. The van der Waals surface area contributed by atoms with Crippen LogP contribution in [0.4, 0.5) is 0 Å². The predicted octanol–water partition coefficient (Wildman–Crippen LogP) is 5.27. The van der Waals surface area contributed by atoms with Crippen LogP contribution in [-0.2, 0) is 32.2 Å². The Labute approximate surface area is 266 Å². The predicted molar refractivity (Wildman–Crippen MR) is 169 cm³/mol. The third-order valence-corrected chi connectivity index (χ3v) is 8.48. The molecule has 45 heavy (non-hydrogen) atoms. The molecule has 1 aliphatic rings. The lowest BCUT2D eigenvalue weighted by atomic mass is 9.97. The fourth-order valence-corrected chi connectivity index (χ4v) is 5.89. The first-order valence-corrected chi connectivity index (χ1v) is 15.8. The van der Waals surface area contributed by atoms with Crippen LogP contribution in [0.1, 0.15) is 60.3 Å². The Balaban J connectivity index is 1.27. The number of thioether (sulfide) groups is 1. The molecule has 0 aliphatic carbocycles. The molecular formula is C34H36N4O6S. The molecule has 3 atom stereocenters. The normalized spacial score (nSPS) is 17.9. The molecule has 1 aromatic heterocycles. The Bertz CT molecular complexity index is 1540. The van der Waals surface area contributed by atoms with Gasteiger partial charge in [0.25, 0.3) is 0 Å². The SMILES string of the molecule is O=C(CCCC(=O)NCc1ccccc1-c1ccc([C@H]2O[C@@H](CSc3ncccn3)C[C@@H](c3ccc(CO)cc3)O2)cc1)NO. The van der Waals surface area contributed by atoms with Gasteiger partial charge < -0.3 is 19.9 Å². The average molecular weight is 629 g/mol. The number of carbonyl (C=O) groups excluding carboxylic acids is 2. The van der Waals surface area contributed by atoms with Gasteiger partial charge in [-0.15, -0.1) is 0 Å². The standard InChI is InChI=1S/C34H36N4O6S/c39-21-23-9-11-25(12-10-23)30-19-28(22-45-34-35-17-4-18-36-34)43-33(44-30)26-15-13-24(14-16-26)29-6-2-1-5-27(29)20-37-31(40)7-3-8-32(41)38-42/h1-2,4-6,9-18,28,30,33,39,42H,3,7-8,19-22H2,(H,37,40)(H,38,41)/t28-,30+,33+/m1/s1. The Morgan fingerprint density at radius 1 is 0.867 bits per heavy atom. The van der Waals surface area contributed by atoms with Crippen LogP contribution in [0.25, 0.3) is 11.1 Å². The van der Waals surface area contributed by atoms with Crippen LogP contribution < -0.4 is 10.8 Å². The Hall–Kier alpha value is -4.13. The zero-order valence-corrected chi connectivity index (χ0v) is 25.5. The van der Waals surface area contributed by atoms with Gasteiger partial charge in [0, 0.05) is 49.5 Å². The van der Waals surface area contributed by atoms with Crippen LogP contribution in [-0.4, -0.2) is 44.0 Å². The molecule has 3 aromatic carbocycles. The van der Waals surface area contributed by atoms with Crippen molar-refractivity contribution in [3.05, 3.63) is 114 Å². The first kappa shape index (κ1) is 32.3. The monoisotopic (exact) mass is 628 g/mol. The minimum atomic E-state index is -0.583. The first-order chi connectivity index (χ1) is 22.0. The van der Waals surface area contributed by atoms with E-state index in [1.54, 1.807) is 35.7 Å². The highest BCUT2D eigenvalue weighted by Crippen LogP contribution is 2.39. The molecule has 0 radical (unpaired) electrons. The number of nitrogens with zero attached hydrogens (tertiary/aromatic N) is 2. The maximum Gasteiger partial charge on any atom is 0.243 e. The number of amides is 2. The molecule has 4 aromatic rings. The van der Waals surface area contributed by atoms with Gasteiger partial charge in [0.05, 0.1) is 18.8 Å². The lowest BCUT2D eigenvalue weighted by Crippen LogP contribution is -2.31. The number of benzene rings is 3. The molecule has 1 fully saturated rings. The summed E-state index contributed by atoms with van der Waals surface area (Å²) in [4.78, 5) is 32.1. The van der Waals surface area contributed by atoms with Gasteiger partial charge >= 0.3 is 0 Å². The first-order valence-electron chi connectivity index (χ1n) is 14.8. The molecule has 1 aliphatic heterocycles. The van der Waals surface area contributed by atoms with E-state index in [2.05, 4.69) is 15.3 Å². The van der Waals surface area contributed by atoms with E-state index in [4.69, 9.17) is 14.7 Å². The molecule has 2 amide bonds. The summed E-state index contributed by atoms with van der Waals surface area (Å²) >= 11 is 1.55. The molecule has 0 bridgehead atoms. The quantitative estimate of drug-likeness (QED) is 0.0674. The number of aliphatic hydroxyl groups is 1. The second-order valence-corrected chi connectivity index (χ2v) is 11.6. The molecule has 5 rings (SSSR count). The molecule has 0 unspecified atom stereocenters. The molecular weight excluding hydrogens is 592 g/mol. The topological polar surface area (TPSA) is 143 Å². The van der Waals surface area contributed by atoms with Gasteiger partial charge in [0.2, 0.25) is 11.8 Å². The summed E-state index contributed by atoms with van der Waals surface area (Å²) in [6.45, 7) is 0.334. The lowest BCUT2D eigenvalue weighted by Gasteiger charge is -2.36. The van der Waals surface area contributed by atoms with Crippen molar-refractivity contribution in [1.82, 2.24) is 20.8 Å². The smallest absolute Gasteiger partial charge is 0.243 e. The number of hydrogen-bond acceptors (Lipinski definition) is 9. The molecule has 4 N–H and O–H groups in total. The second-order valence-electron chi connectivity index (χ2n) is 10.6. The van der Waals surface area contributed by atoms with Crippen LogP contribution in [0.2, 0.25) is 0 Å². The number of aromatic nitrogens is 2. The van der Waals surface area contributed by atoms with Crippen molar-refractivity contribution in [2.45, 2.75) is 62.5 Å². The van der Waals surface area contributed by atoms with Gasteiger partial charge in [-0.1, -0.05) is 84.6 Å². The van der Waals surface area contributed by atoms with E-state index in [1.807, 2.05) is 72.8 Å². The van der Waals surface area contributed by atoms with Crippen molar-refractivity contribution in [3.8, 4) is 11.1 Å². The number of hydrogen-bond donors (Lipinski definition) is 4. The van der Waals surface area contributed by atoms with Gasteiger partial charge in [-0.05, 0) is 40.3 Å². The van der Waals surface area contributed by atoms with Crippen molar-refractivity contribution in [2.75, 3.05) is 5.75 Å². The minimum absolute atomic E-state index is 0.0127. The van der Waals surface area contributed by atoms with E-state index < -0.39 is 12.2 Å². The highest BCUT2D eigenvalue weighted by molar-refractivity contribution is 7.99.